The summed E-state index contributed by atoms with van der Waals surface area (Å²) in [6.07, 6.45) is 4.31. The molecule has 1 aliphatic rings. The van der Waals surface area contributed by atoms with Gasteiger partial charge in [0.1, 0.15) is 5.82 Å². The summed E-state index contributed by atoms with van der Waals surface area (Å²) in [5.74, 6) is 0.0242. The lowest BCUT2D eigenvalue weighted by molar-refractivity contribution is -0.126. The van der Waals surface area contributed by atoms with Gasteiger partial charge in [-0.25, -0.2) is 4.98 Å². The molecule has 7 nitrogen and oxygen atoms in total. The molecule has 1 aliphatic heterocycles. The molecule has 0 aliphatic carbocycles. The number of benzene rings is 1. The van der Waals surface area contributed by atoms with Crippen molar-refractivity contribution in [2.24, 2.45) is 0 Å². The molecule has 3 rings (SSSR count). The van der Waals surface area contributed by atoms with Gasteiger partial charge in [-0.2, -0.15) is 5.26 Å². The number of nitrogens with zero attached hydrogens (tertiary/aromatic N) is 4. The highest BCUT2D eigenvalue weighted by Crippen LogP contribution is 2.16. The number of amides is 1. The molecule has 1 saturated heterocycles. The number of nitrogen functional groups attached to an aromatic ring is 1. The van der Waals surface area contributed by atoms with Gasteiger partial charge >= 0.3 is 0 Å². The standard InChI is InChI=1S/C20H19N5O2/c21-13-15-1-3-16(4-2-15)18(26)6-8-20(27)25-11-9-24(10-12-25)17-5-7-19(22)23-14-17/h1-8,14H,9-12H2,(H2,22,23)/b8-6+. The first kappa shape index (κ1) is 18.1. The second-order valence-corrected chi connectivity index (χ2v) is 6.14. The molecule has 136 valence electrons. The van der Waals surface area contributed by atoms with Gasteiger partial charge < -0.3 is 15.5 Å². The van der Waals surface area contributed by atoms with Gasteiger partial charge in [-0.1, -0.05) is 0 Å². The van der Waals surface area contributed by atoms with E-state index in [9.17, 15) is 9.59 Å². The summed E-state index contributed by atoms with van der Waals surface area (Å²) in [6.45, 7) is 2.51. The van der Waals surface area contributed by atoms with Crippen LogP contribution in [0.4, 0.5) is 11.5 Å². The van der Waals surface area contributed by atoms with Gasteiger partial charge in [0, 0.05) is 37.8 Å². The summed E-state index contributed by atoms with van der Waals surface area (Å²) in [6, 6.07) is 12.0. The number of ketones is 1. The number of aromatic nitrogens is 1. The number of nitriles is 1. The highest BCUT2D eigenvalue weighted by atomic mass is 16.2. The Morgan fingerprint density at radius 3 is 2.33 bits per heavy atom. The van der Waals surface area contributed by atoms with Gasteiger partial charge in [-0.05, 0) is 42.5 Å². The van der Waals surface area contributed by atoms with E-state index < -0.39 is 0 Å². The Bertz CT molecular complexity index is 889. The Morgan fingerprint density at radius 2 is 1.74 bits per heavy atom. The van der Waals surface area contributed by atoms with E-state index in [4.69, 9.17) is 11.0 Å². The molecular formula is C20H19N5O2. The number of carbonyl (C=O) groups excluding carboxylic acids is 2. The number of nitrogens with two attached hydrogens (primary N) is 1. The van der Waals surface area contributed by atoms with Crippen LogP contribution in [0.1, 0.15) is 15.9 Å². The van der Waals surface area contributed by atoms with Crippen LogP contribution in [0.15, 0.2) is 54.7 Å². The van der Waals surface area contributed by atoms with Gasteiger partial charge in [0.05, 0.1) is 23.5 Å². The summed E-state index contributed by atoms with van der Waals surface area (Å²) in [4.78, 5) is 32.4. The fraction of sp³-hybridized carbons (Fsp3) is 0.200. The van der Waals surface area contributed by atoms with Crippen molar-refractivity contribution in [1.82, 2.24) is 9.88 Å². The van der Waals surface area contributed by atoms with Crippen molar-refractivity contribution >= 4 is 23.2 Å². The SMILES string of the molecule is N#Cc1ccc(C(=O)/C=C/C(=O)N2CCN(c3ccc(N)nc3)CC2)cc1. The first-order chi connectivity index (χ1) is 13.1. The van der Waals surface area contributed by atoms with Crippen molar-refractivity contribution in [2.75, 3.05) is 36.8 Å². The Labute approximate surface area is 157 Å². The van der Waals surface area contributed by atoms with Crippen molar-refractivity contribution in [3.8, 4) is 6.07 Å². The zero-order chi connectivity index (χ0) is 19.2. The Balaban J connectivity index is 1.54. The maximum Gasteiger partial charge on any atom is 0.246 e. The van der Waals surface area contributed by atoms with Crippen molar-refractivity contribution in [2.45, 2.75) is 0 Å². The number of hydrogen-bond donors (Lipinski definition) is 1. The highest BCUT2D eigenvalue weighted by molar-refractivity contribution is 6.07. The maximum absolute atomic E-state index is 12.3. The molecule has 2 heterocycles. The lowest BCUT2D eigenvalue weighted by Crippen LogP contribution is -2.48. The molecule has 1 aromatic carbocycles. The van der Waals surface area contributed by atoms with Crippen LogP contribution in [0.3, 0.4) is 0 Å². The van der Waals surface area contributed by atoms with E-state index in [2.05, 4.69) is 9.88 Å². The first-order valence-corrected chi connectivity index (χ1v) is 8.55. The van der Waals surface area contributed by atoms with E-state index in [1.807, 2.05) is 12.1 Å². The average Bonchev–Trinajstić information content (AvgIpc) is 2.72. The topological polar surface area (TPSA) is 103 Å². The smallest absolute Gasteiger partial charge is 0.246 e. The van der Waals surface area contributed by atoms with Crippen LogP contribution in [0.2, 0.25) is 0 Å². The lowest BCUT2D eigenvalue weighted by Gasteiger charge is -2.35. The number of anilines is 2. The van der Waals surface area contributed by atoms with Crippen LogP contribution in [0, 0.1) is 11.3 Å². The number of rotatable bonds is 4. The minimum absolute atomic E-state index is 0.188. The molecule has 1 aromatic heterocycles. The van der Waals surface area contributed by atoms with Gasteiger partial charge in [0.2, 0.25) is 5.91 Å². The second-order valence-electron chi connectivity index (χ2n) is 6.14. The third-order valence-corrected chi connectivity index (χ3v) is 4.40. The van der Waals surface area contributed by atoms with Gasteiger partial charge in [0.15, 0.2) is 5.78 Å². The molecule has 2 aromatic rings. The molecule has 0 radical (unpaired) electrons. The van der Waals surface area contributed by atoms with E-state index in [1.165, 1.54) is 12.2 Å². The number of piperazine rings is 1. The summed E-state index contributed by atoms with van der Waals surface area (Å²) in [5.41, 5.74) is 7.51. The first-order valence-electron chi connectivity index (χ1n) is 8.55. The van der Waals surface area contributed by atoms with Gasteiger partial charge in [0.25, 0.3) is 0 Å². The molecule has 0 saturated carbocycles. The second kappa shape index (κ2) is 8.15. The van der Waals surface area contributed by atoms with Crippen LogP contribution in [-0.4, -0.2) is 47.8 Å². The van der Waals surface area contributed by atoms with E-state index in [1.54, 1.807) is 41.4 Å². The molecule has 2 N–H and O–H groups in total. The monoisotopic (exact) mass is 361 g/mol. The summed E-state index contributed by atoms with van der Waals surface area (Å²) in [5, 5.41) is 8.78. The van der Waals surface area contributed by atoms with E-state index in [-0.39, 0.29) is 11.7 Å². The fourth-order valence-corrected chi connectivity index (χ4v) is 2.83. The fourth-order valence-electron chi connectivity index (χ4n) is 2.83. The van der Waals surface area contributed by atoms with Crippen LogP contribution < -0.4 is 10.6 Å². The normalized spacial score (nSPS) is 14.2. The van der Waals surface area contributed by atoms with Crippen LogP contribution >= 0.6 is 0 Å². The van der Waals surface area contributed by atoms with Crippen LogP contribution in [-0.2, 0) is 4.79 Å². The van der Waals surface area contributed by atoms with E-state index in [0.717, 1.165) is 5.69 Å². The molecule has 1 fully saturated rings. The molecule has 0 atom stereocenters. The largest absolute Gasteiger partial charge is 0.384 e. The zero-order valence-electron chi connectivity index (χ0n) is 14.7. The number of allylic oxidation sites excluding steroid dienone is 1. The molecule has 0 unspecified atom stereocenters. The predicted molar refractivity (Wildman–Crippen MR) is 102 cm³/mol. The number of hydrogen-bond acceptors (Lipinski definition) is 6. The van der Waals surface area contributed by atoms with Crippen molar-refractivity contribution in [1.29, 1.82) is 5.26 Å². The maximum atomic E-state index is 12.3. The molecule has 0 bridgehead atoms. The predicted octanol–water partition coefficient (Wildman–Crippen LogP) is 1.62. The molecule has 1 amide bonds. The minimum Gasteiger partial charge on any atom is -0.384 e. The molecule has 7 heteroatoms. The number of pyridine rings is 1. The van der Waals surface area contributed by atoms with Gasteiger partial charge in [-0.15, -0.1) is 0 Å². The minimum atomic E-state index is -0.264. The quantitative estimate of drug-likeness (QED) is 0.656. The van der Waals surface area contributed by atoms with Gasteiger partial charge in [-0.3, -0.25) is 9.59 Å². The van der Waals surface area contributed by atoms with E-state index in [0.29, 0.717) is 43.1 Å². The Hall–Kier alpha value is -3.66. The lowest BCUT2D eigenvalue weighted by atomic mass is 10.1. The molecule has 0 spiro atoms. The zero-order valence-corrected chi connectivity index (χ0v) is 14.7. The third kappa shape index (κ3) is 4.50. The summed E-state index contributed by atoms with van der Waals surface area (Å²) in [7, 11) is 0. The van der Waals surface area contributed by atoms with Crippen molar-refractivity contribution in [3.05, 3.63) is 65.9 Å². The highest BCUT2D eigenvalue weighted by Gasteiger charge is 2.20. The summed E-state index contributed by atoms with van der Waals surface area (Å²) < 4.78 is 0. The third-order valence-electron chi connectivity index (χ3n) is 4.40. The molecule has 27 heavy (non-hydrogen) atoms. The van der Waals surface area contributed by atoms with E-state index >= 15 is 0 Å². The Morgan fingerprint density at radius 1 is 1.04 bits per heavy atom. The summed E-state index contributed by atoms with van der Waals surface area (Å²) >= 11 is 0. The van der Waals surface area contributed by atoms with Crippen LogP contribution in [0.5, 0.6) is 0 Å². The number of carbonyl (C=O) groups is 2. The molecular weight excluding hydrogens is 342 g/mol. The Kier molecular flexibility index (Phi) is 5.47. The van der Waals surface area contributed by atoms with Crippen molar-refractivity contribution < 1.29 is 9.59 Å². The van der Waals surface area contributed by atoms with Crippen molar-refractivity contribution in [3.63, 3.8) is 0 Å². The average molecular weight is 361 g/mol. The van der Waals surface area contributed by atoms with Crippen LogP contribution in [0.25, 0.3) is 0 Å².